The first kappa shape index (κ1) is 20.6. The van der Waals surface area contributed by atoms with Crippen LogP contribution >= 0.6 is 0 Å². The topological polar surface area (TPSA) is 75.3 Å². The van der Waals surface area contributed by atoms with E-state index < -0.39 is 10.0 Å². The third-order valence-corrected chi connectivity index (χ3v) is 6.10. The molecule has 0 saturated heterocycles. The molecule has 0 saturated carbocycles. The molecular formula is C23H24N2O3S. The lowest BCUT2D eigenvalue weighted by atomic mass is 10.1. The molecule has 0 spiro atoms. The Bertz CT molecular complexity index is 1110. The van der Waals surface area contributed by atoms with Crippen LogP contribution in [0.2, 0.25) is 0 Å². The predicted molar refractivity (Wildman–Crippen MR) is 115 cm³/mol. The minimum absolute atomic E-state index is 0.169. The van der Waals surface area contributed by atoms with Gasteiger partial charge in [0.25, 0.3) is 15.9 Å². The second-order valence-corrected chi connectivity index (χ2v) is 8.74. The van der Waals surface area contributed by atoms with Crippen LogP contribution in [0.15, 0.2) is 77.7 Å². The lowest BCUT2D eigenvalue weighted by Crippen LogP contribution is -2.26. The maximum Gasteiger partial charge on any atom is 0.261 e. The van der Waals surface area contributed by atoms with Gasteiger partial charge in [0, 0.05) is 5.56 Å². The van der Waals surface area contributed by atoms with E-state index in [-0.39, 0.29) is 16.8 Å². The highest BCUT2D eigenvalue weighted by Crippen LogP contribution is 2.22. The van der Waals surface area contributed by atoms with Crippen molar-refractivity contribution in [2.75, 3.05) is 4.72 Å². The molecule has 0 aliphatic rings. The Balaban J connectivity index is 1.79. The van der Waals surface area contributed by atoms with Crippen LogP contribution in [0.4, 0.5) is 5.69 Å². The molecule has 0 radical (unpaired) electrons. The number of benzene rings is 3. The number of carbonyl (C=O) groups excluding carboxylic acids is 1. The Labute approximate surface area is 171 Å². The average molecular weight is 409 g/mol. The van der Waals surface area contributed by atoms with Crippen LogP contribution in [0.5, 0.6) is 0 Å². The van der Waals surface area contributed by atoms with E-state index in [1.54, 1.807) is 43.3 Å². The zero-order chi connectivity index (χ0) is 21.0. The second-order valence-electron chi connectivity index (χ2n) is 7.05. The standard InChI is InChI=1S/C23H24N2O3S/c1-16-9-12-19(13-10-16)18(3)24-23(26)20-14-11-17(2)22(15-20)25-29(27,28)21-7-5-4-6-8-21/h4-15,18,25H,1-3H3,(H,24,26)/t18-/m0/s1. The SMILES string of the molecule is Cc1ccc([C@H](C)NC(=O)c2ccc(C)c(NS(=O)(=O)c3ccccc3)c2)cc1. The quantitative estimate of drug-likeness (QED) is 0.626. The van der Waals surface area contributed by atoms with Crippen LogP contribution in [0, 0.1) is 13.8 Å². The van der Waals surface area contributed by atoms with Gasteiger partial charge in [-0.1, -0.05) is 54.1 Å². The van der Waals surface area contributed by atoms with E-state index in [9.17, 15) is 13.2 Å². The van der Waals surface area contributed by atoms with Gasteiger partial charge in [-0.2, -0.15) is 0 Å². The Morgan fingerprint density at radius 1 is 0.897 bits per heavy atom. The number of amides is 1. The molecule has 0 bridgehead atoms. The molecular weight excluding hydrogens is 384 g/mol. The van der Waals surface area contributed by atoms with Gasteiger partial charge in [-0.05, 0) is 56.2 Å². The van der Waals surface area contributed by atoms with Gasteiger partial charge < -0.3 is 5.32 Å². The van der Waals surface area contributed by atoms with E-state index >= 15 is 0 Å². The van der Waals surface area contributed by atoms with Gasteiger partial charge in [0.15, 0.2) is 0 Å². The molecule has 29 heavy (non-hydrogen) atoms. The normalized spacial score (nSPS) is 12.2. The summed E-state index contributed by atoms with van der Waals surface area (Å²) in [5, 5.41) is 2.96. The van der Waals surface area contributed by atoms with E-state index in [4.69, 9.17) is 0 Å². The smallest absolute Gasteiger partial charge is 0.261 e. The van der Waals surface area contributed by atoms with Crippen LogP contribution in [0.25, 0.3) is 0 Å². The molecule has 3 rings (SSSR count). The van der Waals surface area contributed by atoms with Gasteiger partial charge in [0.2, 0.25) is 0 Å². The highest BCUT2D eigenvalue weighted by Gasteiger charge is 2.17. The summed E-state index contributed by atoms with van der Waals surface area (Å²) in [4.78, 5) is 12.9. The number of rotatable bonds is 6. The minimum atomic E-state index is -3.73. The number of sulfonamides is 1. The van der Waals surface area contributed by atoms with Crippen molar-refractivity contribution in [1.29, 1.82) is 0 Å². The fourth-order valence-corrected chi connectivity index (χ4v) is 4.04. The van der Waals surface area contributed by atoms with Crippen molar-refractivity contribution in [3.63, 3.8) is 0 Å². The molecule has 1 amide bonds. The van der Waals surface area contributed by atoms with Crippen molar-refractivity contribution in [2.45, 2.75) is 31.7 Å². The van der Waals surface area contributed by atoms with E-state index in [1.807, 2.05) is 38.1 Å². The second kappa shape index (κ2) is 8.49. The van der Waals surface area contributed by atoms with Gasteiger partial charge >= 0.3 is 0 Å². The predicted octanol–water partition coefficient (Wildman–Crippen LogP) is 4.60. The molecule has 0 heterocycles. The van der Waals surface area contributed by atoms with Crippen molar-refractivity contribution < 1.29 is 13.2 Å². The summed E-state index contributed by atoms with van der Waals surface area (Å²) >= 11 is 0. The monoisotopic (exact) mass is 408 g/mol. The zero-order valence-electron chi connectivity index (χ0n) is 16.6. The number of aryl methyl sites for hydroxylation is 2. The summed E-state index contributed by atoms with van der Waals surface area (Å²) < 4.78 is 27.8. The molecule has 0 aromatic heterocycles. The molecule has 1 atom stereocenters. The third kappa shape index (κ3) is 5.03. The van der Waals surface area contributed by atoms with Crippen LogP contribution in [0.1, 0.15) is 40.0 Å². The van der Waals surface area contributed by atoms with E-state index in [2.05, 4.69) is 10.0 Å². The van der Waals surface area contributed by atoms with Crippen molar-refractivity contribution in [2.24, 2.45) is 0 Å². The molecule has 0 aliphatic carbocycles. The Morgan fingerprint density at radius 2 is 1.55 bits per heavy atom. The van der Waals surface area contributed by atoms with E-state index in [1.165, 1.54) is 12.1 Å². The maximum atomic E-state index is 12.7. The summed E-state index contributed by atoms with van der Waals surface area (Å²) in [5.74, 6) is -0.266. The number of nitrogens with one attached hydrogen (secondary N) is 2. The van der Waals surface area contributed by atoms with Crippen LogP contribution in [0.3, 0.4) is 0 Å². The van der Waals surface area contributed by atoms with Gasteiger partial charge in [0.1, 0.15) is 0 Å². The number of hydrogen-bond donors (Lipinski definition) is 2. The van der Waals surface area contributed by atoms with Crippen molar-refractivity contribution in [3.8, 4) is 0 Å². The van der Waals surface area contributed by atoms with Crippen LogP contribution in [-0.2, 0) is 10.0 Å². The molecule has 5 nitrogen and oxygen atoms in total. The number of anilines is 1. The first-order valence-corrected chi connectivity index (χ1v) is 10.8. The summed E-state index contributed by atoms with van der Waals surface area (Å²) in [6.45, 7) is 5.71. The van der Waals surface area contributed by atoms with Crippen molar-refractivity contribution in [3.05, 3.63) is 95.1 Å². The molecule has 150 valence electrons. The fraction of sp³-hybridized carbons (Fsp3) is 0.174. The zero-order valence-corrected chi connectivity index (χ0v) is 17.5. The van der Waals surface area contributed by atoms with E-state index in [0.717, 1.165) is 16.7 Å². The average Bonchev–Trinajstić information content (AvgIpc) is 2.70. The molecule has 0 fully saturated rings. The molecule has 0 unspecified atom stereocenters. The van der Waals surface area contributed by atoms with Crippen LogP contribution < -0.4 is 10.0 Å². The van der Waals surface area contributed by atoms with Gasteiger partial charge in [-0.3, -0.25) is 9.52 Å². The largest absolute Gasteiger partial charge is 0.346 e. The summed E-state index contributed by atoms with van der Waals surface area (Å²) in [6, 6.07) is 20.9. The first-order valence-electron chi connectivity index (χ1n) is 9.32. The molecule has 2 N–H and O–H groups in total. The number of hydrogen-bond acceptors (Lipinski definition) is 3. The lowest BCUT2D eigenvalue weighted by Gasteiger charge is -2.16. The summed E-state index contributed by atoms with van der Waals surface area (Å²) in [7, 11) is -3.73. The minimum Gasteiger partial charge on any atom is -0.346 e. The molecule has 0 aliphatic heterocycles. The van der Waals surface area contributed by atoms with Gasteiger partial charge in [-0.25, -0.2) is 8.42 Å². The van der Waals surface area contributed by atoms with Gasteiger partial charge in [0.05, 0.1) is 16.6 Å². The lowest BCUT2D eigenvalue weighted by molar-refractivity contribution is 0.0940. The Hall–Kier alpha value is -3.12. The third-order valence-electron chi connectivity index (χ3n) is 4.72. The highest BCUT2D eigenvalue weighted by molar-refractivity contribution is 7.92. The molecule has 6 heteroatoms. The number of carbonyl (C=O) groups is 1. The maximum absolute atomic E-state index is 12.7. The molecule has 3 aromatic carbocycles. The van der Waals surface area contributed by atoms with Crippen molar-refractivity contribution in [1.82, 2.24) is 5.32 Å². The van der Waals surface area contributed by atoms with Gasteiger partial charge in [-0.15, -0.1) is 0 Å². The van der Waals surface area contributed by atoms with Crippen molar-refractivity contribution >= 4 is 21.6 Å². The Kier molecular flexibility index (Phi) is 6.03. The first-order chi connectivity index (χ1) is 13.8. The molecule has 3 aromatic rings. The highest BCUT2D eigenvalue weighted by atomic mass is 32.2. The summed E-state index contributed by atoms with van der Waals surface area (Å²) in [5.41, 5.74) is 3.65. The van der Waals surface area contributed by atoms with E-state index in [0.29, 0.717) is 11.3 Å². The van der Waals surface area contributed by atoms with Crippen LogP contribution in [-0.4, -0.2) is 14.3 Å². The Morgan fingerprint density at radius 3 is 2.21 bits per heavy atom. The summed E-state index contributed by atoms with van der Waals surface area (Å²) in [6.07, 6.45) is 0. The fourth-order valence-electron chi connectivity index (χ4n) is 2.89.